The molecule has 0 saturated heterocycles. The summed E-state index contributed by atoms with van der Waals surface area (Å²) in [5.74, 6) is -0.654. The highest BCUT2D eigenvalue weighted by atomic mass is 79.9. The first-order valence-corrected chi connectivity index (χ1v) is 7.07. The van der Waals surface area contributed by atoms with Crippen molar-refractivity contribution >= 4 is 50.5 Å². The summed E-state index contributed by atoms with van der Waals surface area (Å²) in [6.45, 7) is 0. The molecular weight excluding hydrogens is 358 g/mol. The molecule has 0 fully saturated rings. The van der Waals surface area contributed by atoms with E-state index in [9.17, 15) is 9.59 Å². The van der Waals surface area contributed by atoms with Crippen molar-refractivity contribution < 1.29 is 9.59 Å². The van der Waals surface area contributed by atoms with Crippen LogP contribution in [0.25, 0.3) is 22.2 Å². The number of ketones is 1. The van der Waals surface area contributed by atoms with Gasteiger partial charge in [0.1, 0.15) is 5.69 Å². The van der Waals surface area contributed by atoms with Crippen LogP contribution in [0, 0.1) is 0 Å². The third-order valence-corrected chi connectivity index (χ3v) is 4.22. The third-order valence-electron chi connectivity index (χ3n) is 3.02. The molecule has 0 aliphatic rings. The van der Waals surface area contributed by atoms with Crippen molar-refractivity contribution in [2.24, 2.45) is 0 Å². The van der Waals surface area contributed by atoms with E-state index in [1.54, 1.807) is 24.3 Å². The first-order chi connectivity index (χ1) is 10.1. The topological polar surface area (TPSA) is 75.7 Å². The van der Waals surface area contributed by atoms with Crippen molar-refractivity contribution in [3.63, 3.8) is 0 Å². The van der Waals surface area contributed by atoms with Gasteiger partial charge in [-0.05, 0) is 40.2 Å². The van der Waals surface area contributed by atoms with E-state index in [0.717, 1.165) is 0 Å². The number of H-pyrrole nitrogens is 1. The van der Waals surface area contributed by atoms with Crippen molar-refractivity contribution in [2.75, 3.05) is 0 Å². The van der Waals surface area contributed by atoms with Crippen molar-refractivity contribution in [3.05, 3.63) is 45.7 Å². The largest absolute Gasteiger partial charge is 0.351 e. The lowest BCUT2D eigenvalue weighted by Crippen LogP contribution is -2.02. The van der Waals surface area contributed by atoms with Gasteiger partial charge in [-0.3, -0.25) is 9.59 Å². The predicted molar refractivity (Wildman–Crippen MR) is 82.4 cm³/mol. The lowest BCUT2D eigenvalue weighted by atomic mass is 10.1. The summed E-state index contributed by atoms with van der Waals surface area (Å²) in [5, 5.41) is 9.02. The van der Waals surface area contributed by atoms with Crippen molar-refractivity contribution in [2.45, 2.75) is 0 Å². The van der Waals surface area contributed by atoms with Gasteiger partial charge in [0.05, 0.1) is 10.7 Å². The molecule has 0 saturated carbocycles. The Morgan fingerprint density at radius 1 is 1.38 bits per heavy atom. The summed E-state index contributed by atoms with van der Waals surface area (Å²) < 4.78 is 0.689. The van der Waals surface area contributed by atoms with E-state index in [-0.39, 0.29) is 12.0 Å². The lowest BCUT2D eigenvalue weighted by Gasteiger charge is -2.01. The number of hydrogen-bond acceptors (Lipinski definition) is 4. The first-order valence-electron chi connectivity index (χ1n) is 5.90. The van der Waals surface area contributed by atoms with Crippen LogP contribution in [0.5, 0.6) is 0 Å². The Morgan fingerprint density at radius 2 is 2.19 bits per heavy atom. The fraction of sp³-hybridized carbons (Fsp3) is 0. The number of nitrogens with zero attached hydrogens (tertiary/aromatic N) is 2. The van der Waals surface area contributed by atoms with Gasteiger partial charge >= 0.3 is 0 Å². The fourth-order valence-electron chi connectivity index (χ4n) is 2.13. The van der Waals surface area contributed by atoms with E-state index in [1.165, 1.54) is 6.20 Å². The van der Waals surface area contributed by atoms with E-state index < -0.39 is 5.78 Å². The maximum Gasteiger partial charge on any atom is 0.242 e. The molecule has 2 aromatic heterocycles. The summed E-state index contributed by atoms with van der Waals surface area (Å²) in [4.78, 5) is 25.7. The van der Waals surface area contributed by atoms with Gasteiger partial charge in [-0.15, -0.1) is 0 Å². The van der Waals surface area contributed by atoms with Gasteiger partial charge in [-0.1, -0.05) is 11.6 Å². The molecule has 1 N–H and O–H groups in total. The van der Waals surface area contributed by atoms with Crippen LogP contribution in [0.15, 0.2) is 34.9 Å². The molecule has 0 radical (unpaired) electrons. The number of benzene rings is 1. The number of fused-ring (bicyclic) bond motifs is 1. The molecule has 0 atom stereocenters. The highest BCUT2D eigenvalue weighted by molar-refractivity contribution is 9.10. The Labute approximate surface area is 132 Å². The molecule has 0 spiro atoms. The normalized spacial score (nSPS) is 10.8. The van der Waals surface area contributed by atoms with Crippen molar-refractivity contribution in [3.8, 4) is 11.3 Å². The average molecular weight is 365 g/mol. The maximum absolute atomic E-state index is 11.9. The van der Waals surface area contributed by atoms with Crippen LogP contribution in [-0.4, -0.2) is 27.3 Å². The molecule has 0 aliphatic carbocycles. The summed E-state index contributed by atoms with van der Waals surface area (Å²) in [6, 6.07) is 6.88. The van der Waals surface area contributed by atoms with Crippen molar-refractivity contribution in [1.29, 1.82) is 0 Å². The van der Waals surface area contributed by atoms with Crippen molar-refractivity contribution in [1.82, 2.24) is 15.2 Å². The standard InChI is InChI=1S/C14H7BrClN3O2/c15-8-5-11-7(4-9(8)16)13(10-2-1-3-17-19-10)14(18-11)12(21)6-20/h1-6,18H. The Kier molecular flexibility index (Phi) is 3.57. The molecule has 0 aliphatic heterocycles. The molecule has 21 heavy (non-hydrogen) atoms. The number of Topliss-reactive ketones (excluding diaryl/α,β-unsaturated/α-hetero) is 1. The highest BCUT2D eigenvalue weighted by Crippen LogP contribution is 2.36. The number of aromatic nitrogens is 3. The van der Waals surface area contributed by atoms with Crippen LogP contribution in [0.3, 0.4) is 0 Å². The minimum absolute atomic E-state index is 0.176. The number of carbonyl (C=O) groups excluding carboxylic acids is 2. The summed E-state index contributed by atoms with van der Waals surface area (Å²) in [7, 11) is 0. The number of aromatic amines is 1. The maximum atomic E-state index is 11.9. The summed E-state index contributed by atoms with van der Waals surface area (Å²) in [6.07, 6.45) is 1.80. The Morgan fingerprint density at radius 3 is 2.86 bits per heavy atom. The van der Waals surface area contributed by atoms with Crippen LogP contribution in [-0.2, 0) is 4.79 Å². The monoisotopic (exact) mass is 363 g/mol. The molecule has 7 heteroatoms. The molecule has 0 unspecified atom stereocenters. The lowest BCUT2D eigenvalue weighted by molar-refractivity contribution is -0.104. The number of aldehydes is 1. The van der Waals surface area contributed by atoms with E-state index in [2.05, 4.69) is 31.1 Å². The molecule has 0 bridgehead atoms. The van der Waals surface area contributed by atoms with E-state index in [4.69, 9.17) is 11.6 Å². The second-order valence-electron chi connectivity index (χ2n) is 4.28. The van der Waals surface area contributed by atoms with Crippen LogP contribution >= 0.6 is 27.5 Å². The highest BCUT2D eigenvalue weighted by Gasteiger charge is 2.20. The van der Waals surface area contributed by atoms with Gasteiger partial charge in [-0.2, -0.15) is 10.2 Å². The molecule has 1 aromatic carbocycles. The molecule has 0 amide bonds. The number of nitrogens with one attached hydrogen (secondary N) is 1. The zero-order chi connectivity index (χ0) is 15.0. The molecule has 104 valence electrons. The quantitative estimate of drug-likeness (QED) is 0.439. The predicted octanol–water partition coefficient (Wildman–Crippen LogP) is 3.42. The van der Waals surface area contributed by atoms with Gasteiger partial charge < -0.3 is 4.98 Å². The SMILES string of the molecule is O=CC(=O)c1[nH]c2cc(Br)c(Cl)cc2c1-c1cccnn1. The molecule has 2 heterocycles. The minimum Gasteiger partial charge on any atom is -0.351 e. The second kappa shape index (κ2) is 5.38. The third kappa shape index (κ3) is 2.36. The average Bonchev–Trinajstić information content (AvgIpc) is 2.86. The van der Waals surface area contributed by atoms with Gasteiger partial charge in [0.15, 0.2) is 6.29 Å². The van der Waals surface area contributed by atoms with Crippen LogP contribution in [0.4, 0.5) is 0 Å². The molecule has 3 rings (SSSR count). The van der Waals surface area contributed by atoms with E-state index in [1.807, 2.05) is 0 Å². The number of rotatable bonds is 3. The Hall–Kier alpha value is -2.05. The number of halogens is 2. The van der Waals surface area contributed by atoms with Gasteiger partial charge in [0, 0.05) is 27.1 Å². The smallest absolute Gasteiger partial charge is 0.242 e. The van der Waals surface area contributed by atoms with Crippen LogP contribution in [0.1, 0.15) is 10.5 Å². The molecule has 5 nitrogen and oxygen atoms in total. The first kappa shape index (κ1) is 13.9. The second-order valence-corrected chi connectivity index (χ2v) is 5.54. The van der Waals surface area contributed by atoms with Gasteiger partial charge in [-0.25, -0.2) is 0 Å². The molecular formula is C14H7BrClN3O2. The van der Waals surface area contributed by atoms with Crippen LogP contribution in [0.2, 0.25) is 5.02 Å². The number of hydrogen-bond donors (Lipinski definition) is 1. The number of carbonyl (C=O) groups is 2. The molecule has 3 aromatic rings. The zero-order valence-corrected chi connectivity index (χ0v) is 12.8. The zero-order valence-electron chi connectivity index (χ0n) is 10.4. The van der Waals surface area contributed by atoms with E-state index >= 15 is 0 Å². The summed E-state index contributed by atoms with van der Waals surface area (Å²) in [5.41, 5.74) is 1.86. The van der Waals surface area contributed by atoms with Crippen LogP contribution < -0.4 is 0 Å². The minimum atomic E-state index is -0.654. The Bertz CT molecular complexity index is 862. The Balaban J connectivity index is 2.40. The van der Waals surface area contributed by atoms with Gasteiger partial charge in [0.25, 0.3) is 0 Å². The fourth-order valence-corrected chi connectivity index (χ4v) is 2.64. The summed E-state index contributed by atoms with van der Waals surface area (Å²) >= 11 is 9.44. The van der Waals surface area contributed by atoms with Gasteiger partial charge in [0.2, 0.25) is 5.78 Å². The van der Waals surface area contributed by atoms with E-state index in [0.29, 0.717) is 31.7 Å².